The molecule has 0 aliphatic carbocycles. The van der Waals surface area contributed by atoms with Crippen molar-refractivity contribution in [1.82, 2.24) is 10.3 Å². The molecule has 3 nitrogen and oxygen atoms in total. The summed E-state index contributed by atoms with van der Waals surface area (Å²) in [6.45, 7) is 1.99. The Hall–Kier alpha value is -1.68. The van der Waals surface area contributed by atoms with Gasteiger partial charge in [-0.3, -0.25) is 4.79 Å². The molecular weight excluding hydrogens is 244 g/mol. The van der Waals surface area contributed by atoms with E-state index in [9.17, 15) is 4.79 Å². The predicted octanol–water partition coefficient (Wildman–Crippen LogP) is 2.80. The molecule has 1 aliphatic rings. The minimum atomic E-state index is 0.0595. The van der Waals surface area contributed by atoms with Crippen LogP contribution in [0.5, 0.6) is 0 Å². The summed E-state index contributed by atoms with van der Waals surface area (Å²) in [5.41, 5.74) is 2.18. The third-order valence-electron chi connectivity index (χ3n) is 3.24. The van der Waals surface area contributed by atoms with Crippen molar-refractivity contribution in [2.24, 2.45) is 0 Å². The first-order valence-electron chi connectivity index (χ1n) is 6.00. The van der Waals surface area contributed by atoms with Gasteiger partial charge in [0, 0.05) is 23.4 Å². The van der Waals surface area contributed by atoms with Gasteiger partial charge in [-0.25, -0.2) is 4.98 Å². The van der Waals surface area contributed by atoms with Crippen LogP contribution in [0.4, 0.5) is 0 Å². The van der Waals surface area contributed by atoms with E-state index in [-0.39, 0.29) is 17.9 Å². The number of aromatic nitrogens is 1. The maximum atomic E-state index is 11.7. The Labute approximate surface area is 110 Å². The number of aryl methyl sites for hydroxylation is 1. The van der Waals surface area contributed by atoms with E-state index >= 15 is 0 Å². The van der Waals surface area contributed by atoms with Crippen LogP contribution >= 0.6 is 11.3 Å². The van der Waals surface area contributed by atoms with Gasteiger partial charge in [-0.15, -0.1) is 11.3 Å². The number of nitrogens with one attached hydrogen (secondary N) is 1. The Morgan fingerprint density at radius 3 is 2.78 bits per heavy atom. The second-order valence-corrected chi connectivity index (χ2v) is 5.48. The van der Waals surface area contributed by atoms with Crippen LogP contribution < -0.4 is 5.32 Å². The summed E-state index contributed by atoms with van der Waals surface area (Å²) in [6, 6.07) is 10.2. The molecule has 0 bridgehead atoms. The molecule has 0 saturated carbocycles. The topological polar surface area (TPSA) is 42.0 Å². The largest absolute Gasteiger partial charge is 0.349 e. The highest BCUT2D eigenvalue weighted by Crippen LogP contribution is 2.39. The van der Waals surface area contributed by atoms with E-state index in [1.54, 1.807) is 11.3 Å². The van der Waals surface area contributed by atoms with Crippen molar-refractivity contribution >= 4 is 17.2 Å². The lowest BCUT2D eigenvalue weighted by Crippen LogP contribution is -2.20. The first-order valence-corrected chi connectivity index (χ1v) is 6.88. The van der Waals surface area contributed by atoms with Crippen LogP contribution in [-0.2, 0) is 4.79 Å². The maximum absolute atomic E-state index is 11.7. The van der Waals surface area contributed by atoms with E-state index < -0.39 is 0 Å². The Kier molecular flexibility index (Phi) is 2.88. The third-order valence-corrected chi connectivity index (χ3v) is 4.33. The number of amides is 1. The Morgan fingerprint density at radius 2 is 2.11 bits per heavy atom. The summed E-state index contributed by atoms with van der Waals surface area (Å²) in [6.07, 6.45) is 0.534. The van der Waals surface area contributed by atoms with Crippen LogP contribution in [0.15, 0.2) is 35.7 Å². The van der Waals surface area contributed by atoms with E-state index in [1.165, 1.54) is 0 Å². The van der Waals surface area contributed by atoms with Crippen molar-refractivity contribution in [2.45, 2.75) is 25.3 Å². The van der Waals surface area contributed by atoms with Gasteiger partial charge in [-0.2, -0.15) is 0 Å². The van der Waals surface area contributed by atoms with Crippen LogP contribution in [0.2, 0.25) is 0 Å². The molecule has 1 aromatic heterocycles. The van der Waals surface area contributed by atoms with E-state index in [1.807, 2.05) is 30.5 Å². The Balaban J connectivity index is 1.95. The third kappa shape index (κ3) is 2.04. The summed E-state index contributed by atoms with van der Waals surface area (Å²) >= 11 is 1.64. The molecule has 1 fully saturated rings. The lowest BCUT2D eigenvalue weighted by Gasteiger charge is -2.17. The fourth-order valence-electron chi connectivity index (χ4n) is 2.40. The van der Waals surface area contributed by atoms with E-state index in [2.05, 4.69) is 22.4 Å². The summed E-state index contributed by atoms with van der Waals surface area (Å²) in [5, 5.41) is 6.15. The molecule has 1 amide bonds. The maximum Gasteiger partial charge on any atom is 0.221 e. The minimum absolute atomic E-state index is 0.0595. The standard InChI is InChI=1S/C14H14N2OS/c1-9-8-18-14(15-9)11-7-12(17)16-13(11)10-5-3-2-4-6-10/h2-6,8,11,13H,7H2,1H3,(H,16,17). The summed E-state index contributed by atoms with van der Waals surface area (Å²) in [5.74, 6) is 0.278. The van der Waals surface area contributed by atoms with Gasteiger partial charge in [0.2, 0.25) is 5.91 Å². The summed E-state index contributed by atoms with van der Waals surface area (Å²) in [7, 11) is 0. The molecule has 18 heavy (non-hydrogen) atoms. The molecule has 1 N–H and O–H groups in total. The number of hydrogen-bond acceptors (Lipinski definition) is 3. The molecule has 4 heteroatoms. The number of rotatable bonds is 2. The first-order chi connectivity index (χ1) is 8.74. The van der Waals surface area contributed by atoms with Gasteiger partial charge in [-0.05, 0) is 12.5 Å². The zero-order valence-corrected chi connectivity index (χ0v) is 10.9. The highest BCUT2D eigenvalue weighted by Gasteiger charge is 2.36. The number of nitrogens with zero attached hydrogens (tertiary/aromatic N) is 1. The number of carbonyl (C=O) groups excluding carboxylic acids is 1. The van der Waals surface area contributed by atoms with Crippen molar-refractivity contribution < 1.29 is 4.79 Å². The van der Waals surface area contributed by atoms with E-state index in [0.29, 0.717) is 6.42 Å². The summed E-state index contributed by atoms with van der Waals surface area (Å²) < 4.78 is 0. The Bertz CT molecular complexity index is 564. The molecule has 1 aromatic carbocycles. The molecule has 2 heterocycles. The molecule has 3 rings (SSSR count). The van der Waals surface area contributed by atoms with Gasteiger partial charge in [0.1, 0.15) is 0 Å². The number of thiazole rings is 1. The van der Waals surface area contributed by atoms with Crippen molar-refractivity contribution in [3.63, 3.8) is 0 Å². The van der Waals surface area contributed by atoms with Gasteiger partial charge >= 0.3 is 0 Å². The van der Waals surface area contributed by atoms with Gasteiger partial charge in [0.05, 0.1) is 11.0 Å². The van der Waals surface area contributed by atoms with Crippen LogP contribution in [0.1, 0.15) is 34.6 Å². The second-order valence-electron chi connectivity index (χ2n) is 4.59. The average Bonchev–Trinajstić information content (AvgIpc) is 2.96. The lowest BCUT2D eigenvalue weighted by atomic mass is 9.95. The highest BCUT2D eigenvalue weighted by atomic mass is 32.1. The van der Waals surface area contributed by atoms with Crippen molar-refractivity contribution in [3.05, 3.63) is 52.0 Å². The number of hydrogen-bond donors (Lipinski definition) is 1. The van der Waals surface area contributed by atoms with Gasteiger partial charge in [0.25, 0.3) is 0 Å². The van der Waals surface area contributed by atoms with Crippen molar-refractivity contribution in [2.75, 3.05) is 0 Å². The van der Waals surface area contributed by atoms with Crippen LogP contribution in [0.25, 0.3) is 0 Å². The predicted molar refractivity (Wildman–Crippen MR) is 71.5 cm³/mol. The quantitative estimate of drug-likeness (QED) is 0.900. The van der Waals surface area contributed by atoms with Crippen LogP contribution in [-0.4, -0.2) is 10.9 Å². The van der Waals surface area contributed by atoms with Crippen molar-refractivity contribution in [1.29, 1.82) is 0 Å². The monoisotopic (exact) mass is 258 g/mol. The minimum Gasteiger partial charge on any atom is -0.349 e. The molecule has 2 atom stereocenters. The van der Waals surface area contributed by atoms with Gasteiger partial charge in [0.15, 0.2) is 0 Å². The molecule has 0 radical (unpaired) electrons. The fourth-order valence-corrected chi connectivity index (χ4v) is 3.33. The fraction of sp³-hybridized carbons (Fsp3) is 0.286. The van der Waals surface area contributed by atoms with E-state index in [0.717, 1.165) is 16.3 Å². The normalized spacial score (nSPS) is 23.1. The summed E-state index contributed by atoms with van der Waals surface area (Å²) in [4.78, 5) is 16.2. The Morgan fingerprint density at radius 1 is 1.33 bits per heavy atom. The van der Waals surface area contributed by atoms with Crippen molar-refractivity contribution in [3.8, 4) is 0 Å². The van der Waals surface area contributed by atoms with Crippen LogP contribution in [0.3, 0.4) is 0 Å². The second kappa shape index (κ2) is 4.53. The van der Waals surface area contributed by atoms with E-state index in [4.69, 9.17) is 0 Å². The molecule has 0 spiro atoms. The van der Waals surface area contributed by atoms with Crippen LogP contribution in [0, 0.1) is 6.92 Å². The number of carbonyl (C=O) groups is 1. The SMILES string of the molecule is Cc1csc(C2CC(=O)NC2c2ccccc2)n1. The molecule has 2 unspecified atom stereocenters. The molecular formula is C14H14N2OS. The molecule has 92 valence electrons. The zero-order valence-electron chi connectivity index (χ0n) is 10.1. The highest BCUT2D eigenvalue weighted by molar-refractivity contribution is 7.09. The lowest BCUT2D eigenvalue weighted by molar-refractivity contribution is -0.119. The molecule has 1 aliphatic heterocycles. The number of benzene rings is 1. The first kappa shape index (κ1) is 11.4. The van der Waals surface area contributed by atoms with Gasteiger partial charge < -0.3 is 5.32 Å². The average molecular weight is 258 g/mol. The smallest absolute Gasteiger partial charge is 0.221 e. The molecule has 2 aromatic rings. The molecule has 1 saturated heterocycles. The zero-order chi connectivity index (χ0) is 12.5. The van der Waals surface area contributed by atoms with Gasteiger partial charge in [-0.1, -0.05) is 30.3 Å².